The summed E-state index contributed by atoms with van der Waals surface area (Å²) in [6.07, 6.45) is -4.49. The van der Waals surface area contributed by atoms with Gasteiger partial charge in [0.2, 0.25) is 0 Å². The highest BCUT2D eigenvalue weighted by atomic mass is 19.4. The average Bonchev–Trinajstić information content (AvgIpc) is 2.62. The molecule has 3 rings (SSSR count). The molecule has 3 nitrogen and oxygen atoms in total. The summed E-state index contributed by atoms with van der Waals surface area (Å²) < 4.78 is 45.1. The number of hydrogen-bond donors (Lipinski definition) is 1. The molecule has 0 amide bonds. The third-order valence-electron chi connectivity index (χ3n) is 4.14. The monoisotopic (exact) mass is 337 g/mol. The summed E-state index contributed by atoms with van der Waals surface area (Å²) in [5.74, 6) is 0.267. The first-order valence-corrected chi connectivity index (χ1v) is 7.52. The van der Waals surface area contributed by atoms with Crippen LogP contribution >= 0.6 is 0 Å². The lowest BCUT2D eigenvalue weighted by Gasteiger charge is -2.33. The molecular weight excluding hydrogens is 319 g/mol. The number of benzene rings is 2. The van der Waals surface area contributed by atoms with Gasteiger partial charge in [0.15, 0.2) is 0 Å². The van der Waals surface area contributed by atoms with Crippen LogP contribution in [-0.2, 0) is 18.4 Å². The van der Waals surface area contributed by atoms with Crippen molar-refractivity contribution in [2.45, 2.75) is 18.4 Å². The van der Waals surface area contributed by atoms with E-state index in [0.29, 0.717) is 5.56 Å². The molecule has 6 heteroatoms. The number of likely N-dealkylation sites (N-methyl/N-ethyl adjacent to an activating group) is 1. The van der Waals surface area contributed by atoms with Gasteiger partial charge in [0.05, 0.1) is 5.56 Å². The Labute approximate surface area is 138 Å². The van der Waals surface area contributed by atoms with Crippen LogP contribution in [0.5, 0.6) is 5.75 Å². The summed E-state index contributed by atoms with van der Waals surface area (Å²) in [4.78, 5) is 1.74. The molecule has 0 spiro atoms. The highest BCUT2D eigenvalue weighted by molar-refractivity contribution is 5.51. The average molecular weight is 337 g/mol. The first kappa shape index (κ1) is 16.8. The van der Waals surface area contributed by atoms with Gasteiger partial charge >= 0.3 is 6.18 Å². The predicted octanol–water partition coefficient (Wildman–Crippen LogP) is 3.40. The number of nitrogens with zero attached hydrogens (tertiary/aromatic N) is 1. The number of halogens is 3. The van der Waals surface area contributed by atoms with Crippen LogP contribution in [0.25, 0.3) is 0 Å². The van der Waals surface area contributed by atoms with E-state index in [-0.39, 0.29) is 24.5 Å². The summed E-state index contributed by atoms with van der Waals surface area (Å²) in [5, 5.41) is 11.4. The fraction of sp³-hybridized carbons (Fsp3) is 0.333. The second kappa shape index (κ2) is 5.79. The molecule has 0 aromatic heterocycles. The van der Waals surface area contributed by atoms with Gasteiger partial charge in [-0.2, -0.15) is 13.2 Å². The van der Waals surface area contributed by atoms with E-state index in [0.717, 1.165) is 17.7 Å². The summed E-state index contributed by atoms with van der Waals surface area (Å²) in [6.45, 7) is 0.339. The Kier molecular flexibility index (Phi) is 4.05. The van der Waals surface area contributed by atoms with Crippen molar-refractivity contribution >= 4 is 0 Å². The summed E-state index contributed by atoms with van der Waals surface area (Å²) in [5.41, 5.74) is -0.937. The molecule has 128 valence electrons. The number of hydrogen-bond acceptors (Lipinski definition) is 3. The Balaban J connectivity index is 2.26. The minimum Gasteiger partial charge on any atom is -0.488 e. The molecule has 1 unspecified atom stereocenters. The van der Waals surface area contributed by atoms with Crippen molar-refractivity contribution in [3.05, 3.63) is 64.7 Å². The Morgan fingerprint density at radius 2 is 1.83 bits per heavy atom. The van der Waals surface area contributed by atoms with E-state index in [1.807, 2.05) is 12.1 Å². The Bertz CT molecular complexity index is 758. The normalized spacial score (nSPS) is 20.1. The second-order valence-corrected chi connectivity index (χ2v) is 6.25. The van der Waals surface area contributed by atoms with Gasteiger partial charge in [-0.3, -0.25) is 0 Å². The van der Waals surface area contributed by atoms with Gasteiger partial charge in [0.1, 0.15) is 18.0 Å². The number of rotatable bonds is 2. The molecule has 0 bridgehead atoms. The largest absolute Gasteiger partial charge is 0.488 e. The third-order valence-corrected chi connectivity index (χ3v) is 4.14. The van der Waals surface area contributed by atoms with Gasteiger partial charge < -0.3 is 14.7 Å². The van der Waals surface area contributed by atoms with E-state index in [1.165, 1.54) is 6.07 Å². The van der Waals surface area contributed by atoms with Gasteiger partial charge in [0.25, 0.3) is 0 Å². The molecule has 1 N–H and O–H groups in total. The Morgan fingerprint density at radius 1 is 1.12 bits per heavy atom. The fourth-order valence-electron chi connectivity index (χ4n) is 3.13. The molecule has 0 aliphatic carbocycles. The van der Waals surface area contributed by atoms with Crippen LogP contribution in [0.1, 0.15) is 22.3 Å². The Morgan fingerprint density at radius 3 is 2.50 bits per heavy atom. The van der Waals surface area contributed by atoms with E-state index < -0.39 is 17.3 Å². The highest BCUT2D eigenvalue weighted by Gasteiger charge is 2.41. The van der Waals surface area contributed by atoms with Crippen LogP contribution in [0, 0.1) is 0 Å². The first-order chi connectivity index (χ1) is 11.2. The Hall–Kier alpha value is -2.05. The molecule has 1 heterocycles. The van der Waals surface area contributed by atoms with Gasteiger partial charge in [-0.1, -0.05) is 24.3 Å². The van der Waals surface area contributed by atoms with Gasteiger partial charge in [-0.25, -0.2) is 0 Å². The van der Waals surface area contributed by atoms with E-state index >= 15 is 0 Å². The predicted molar refractivity (Wildman–Crippen MR) is 83.8 cm³/mol. The number of ether oxygens (including phenoxy) is 1. The maximum Gasteiger partial charge on any atom is 0.416 e. The van der Waals surface area contributed by atoms with Crippen LogP contribution < -0.4 is 4.74 Å². The zero-order chi connectivity index (χ0) is 17.5. The summed E-state index contributed by atoms with van der Waals surface area (Å²) in [7, 11) is 3.53. The highest BCUT2D eigenvalue weighted by Crippen LogP contribution is 2.43. The van der Waals surface area contributed by atoms with Crippen LogP contribution in [0.3, 0.4) is 0 Å². The molecule has 0 saturated heterocycles. The number of alkyl halides is 3. The smallest absolute Gasteiger partial charge is 0.416 e. The van der Waals surface area contributed by atoms with Crippen molar-refractivity contribution < 1.29 is 23.0 Å². The van der Waals surface area contributed by atoms with Crippen molar-refractivity contribution in [2.24, 2.45) is 0 Å². The molecule has 2 aromatic rings. The molecule has 0 radical (unpaired) electrons. The summed E-state index contributed by atoms with van der Waals surface area (Å²) in [6, 6.07) is 10.4. The quantitative estimate of drug-likeness (QED) is 0.912. The van der Waals surface area contributed by atoms with Gasteiger partial charge in [-0.05, 0) is 43.4 Å². The lowest BCUT2D eigenvalue weighted by Crippen LogP contribution is -2.39. The summed E-state index contributed by atoms with van der Waals surface area (Å²) >= 11 is 0. The molecule has 1 aliphatic rings. The lowest BCUT2D eigenvalue weighted by molar-refractivity contribution is -0.137. The van der Waals surface area contributed by atoms with E-state index in [4.69, 9.17) is 4.74 Å². The minimum atomic E-state index is -4.49. The zero-order valence-electron chi connectivity index (χ0n) is 13.4. The topological polar surface area (TPSA) is 32.7 Å². The zero-order valence-corrected chi connectivity index (χ0v) is 13.4. The number of fused-ring (bicyclic) bond motifs is 2. The minimum absolute atomic E-state index is 0.135. The van der Waals surface area contributed by atoms with E-state index in [2.05, 4.69) is 0 Å². The number of aliphatic hydroxyl groups is 1. The molecule has 2 aromatic carbocycles. The van der Waals surface area contributed by atoms with Crippen LogP contribution in [-0.4, -0.2) is 30.6 Å². The second-order valence-electron chi connectivity index (χ2n) is 6.25. The van der Waals surface area contributed by atoms with E-state index in [9.17, 15) is 18.3 Å². The molecule has 0 saturated carbocycles. The molecule has 1 atom stereocenters. The maximum absolute atomic E-state index is 13.1. The van der Waals surface area contributed by atoms with Crippen molar-refractivity contribution in [1.29, 1.82) is 0 Å². The molecule has 24 heavy (non-hydrogen) atoms. The standard InChI is InChI=1S/C18H18F3NO2/c1-22(2)11-17(23)14-6-4-3-5-12(14)10-24-16-8-7-13(9-15(16)17)18(19,20)21/h3-9,23H,10-11H2,1-2H3. The van der Waals surface area contributed by atoms with Gasteiger partial charge in [-0.15, -0.1) is 0 Å². The van der Waals surface area contributed by atoms with Crippen molar-refractivity contribution in [3.63, 3.8) is 0 Å². The maximum atomic E-state index is 13.1. The van der Waals surface area contributed by atoms with Crippen molar-refractivity contribution in [1.82, 2.24) is 4.90 Å². The molecule has 0 fully saturated rings. The third kappa shape index (κ3) is 2.87. The lowest BCUT2D eigenvalue weighted by atomic mass is 9.83. The first-order valence-electron chi connectivity index (χ1n) is 7.52. The van der Waals surface area contributed by atoms with Crippen molar-refractivity contribution in [2.75, 3.05) is 20.6 Å². The van der Waals surface area contributed by atoms with Crippen LogP contribution in [0.4, 0.5) is 13.2 Å². The van der Waals surface area contributed by atoms with Crippen LogP contribution in [0.2, 0.25) is 0 Å². The SMILES string of the molecule is CN(C)CC1(O)c2ccccc2COc2ccc(C(F)(F)F)cc21. The van der Waals surface area contributed by atoms with Gasteiger partial charge in [0, 0.05) is 12.1 Å². The van der Waals surface area contributed by atoms with E-state index in [1.54, 1.807) is 31.1 Å². The van der Waals surface area contributed by atoms with Crippen LogP contribution in [0.15, 0.2) is 42.5 Å². The fourth-order valence-corrected chi connectivity index (χ4v) is 3.13. The molecular formula is C18H18F3NO2. The molecule has 1 aliphatic heterocycles. The van der Waals surface area contributed by atoms with Crippen molar-refractivity contribution in [3.8, 4) is 5.75 Å².